The second kappa shape index (κ2) is 17.0. The molecule has 0 saturated carbocycles. The van der Waals surface area contributed by atoms with E-state index in [2.05, 4.69) is 252 Å². The Morgan fingerprint density at radius 1 is 0.379 bits per heavy atom. The van der Waals surface area contributed by atoms with Crippen LogP contribution in [-0.4, -0.2) is 13.1 Å². The van der Waals surface area contributed by atoms with Gasteiger partial charge < -0.3 is 14.7 Å². The van der Waals surface area contributed by atoms with Crippen LogP contribution in [0.4, 0.5) is 34.1 Å². The van der Waals surface area contributed by atoms with Gasteiger partial charge in [0.05, 0.1) is 5.69 Å². The average Bonchev–Trinajstić information content (AvgIpc) is 3.30. The van der Waals surface area contributed by atoms with Crippen molar-refractivity contribution in [1.82, 2.24) is 0 Å². The Bertz CT molecular complexity index is 2600. The highest BCUT2D eigenvalue weighted by Gasteiger charge is 2.26. The zero-order valence-electron chi connectivity index (χ0n) is 32.8. The summed E-state index contributed by atoms with van der Waals surface area (Å²) in [5, 5.41) is 0. The average molecular weight is 750 g/mol. The first kappa shape index (κ1) is 36.5. The largest absolute Gasteiger partial charge is 0.339 e. The Balaban J connectivity index is 1.34. The molecule has 0 bridgehead atoms. The van der Waals surface area contributed by atoms with E-state index in [0.717, 1.165) is 47.1 Å². The summed E-state index contributed by atoms with van der Waals surface area (Å²) in [5.41, 5.74) is 14.3. The van der Waals surface area contributed by atoms with Gasteiger partial charge in [-0.15, -0.1) is 0 Å². The molecule has 3 heteroatoms. The molecular weight excluding hydrogens is 703 g/mol. The van der Waals surface area contributed by atoms with E-state index in [9.17, 15) is 0 Å². The Morgan fingerprint density at radius 3 is 1.29 bits per heavy atom. The fourth-order valence-corrected chi connectivity index (χ4v) is 8.59. The van der Waals surface area contributed by atoms with Crippen LogP contribution >= 0.6 is 0 Å². The van der Waals surface area contributed by atoms with Crippen LogP contribution in [0.5, 0.6) is 0 Å². The molecule has 0 aliphatic carbocycles. The summed E-state index contributed by atoms with van der Waals surface area (Å²) in [5.74, 6) is 0.229. The number of anilines is 6. The summed E-state index contributed by atoms with van der Waals surface area (Å²) in [6, 6.07) is 79.2. The van der Waals surface area contributed by atoms with Gasteiger partial charge in [-0.25, -0.2) is 0 Å². The van der Waals surface area contributed by atoms with E-state index in [-0.39, 0.29) is 11.8 Å². The van der Waals surface area contributed by atoms with Crippen LogP contribution in [0, 0.1) is 0 Å². The molecule has 0 radical (unpaired) electrons. The van der Waals surface area contributed by atoms with Crippen molar-refractivity contribution in [2.75, 3.05) is 27.8 Å². The highest BCUT2D eigenvalue weighted by atomic mass is 15.2. The summed E-state index contributed by atoms with van der Waals surface area (Å²) in [4.78, 5) is 7.38. The normalized spacial score (nSPS) is 14.8. The molecule has 0 saturated heterocycles. The first-order valence-electron chi connectivity index (χ1n) is 20.3. The maximum absolute atomic E-state index is 2.51. The van der Waals surface area contributed by atoms with Crippen molar-refractivity contribution in [3.8, 4) is 22.3 Å². The van der Waals surface area contributed by atoms with E-state index in [0.29, 0.717) is 0 Å². The van der Waals surface area contributed by atoms with Crippen molar-refractivity contribution in [3.63, 3.8) is 0 Å². The summed E-state index contributed by atoms with van der Waals surface area (Å²) in [6.07, 6.45) is 4.76. The lowest BCUT2D eigenvalue weighted by Gasteiger charge is -2.34. The second-order valence-electron chi connectivity index (χ2n) is 14.9. The Kier molecular flexibility index (Phi) is 10.7. The number of rotatable bonds is 5. The van der Waals surface area contributed by atoms with Gasteiger partial charge in [-0.2, -0.15) is 0 Å². The summed E-state index contributed by atoms with van der Waals surface area (Å²) in [6.45, 7) is 3.86. The van der Waals surface area contributed by atoms with Crippen LogP contribution in [0.3, 0.4) is 0 Å². The Hall–Kier alpha value is -7.10. The molecule has 1 heterocycles. The SMILES string of the molecule is CC(c1ccccc1)C1C=CN(c2ccccc2)c2ccccc2-c2ccccc2N(c2ccccc2)CCN(c2ccccc2)c2ccccc2-c2ccccc21. The number of hydrogen-bond acceptors (Lipinski definition) is 3. The minimum absolute atomic E-state index is 0.0453. The molecule has 1 aliphatic heterocycles. The number of allylic oxidation sites excluding steroid dienone is 1. The van der Waals surface area contributed by atoms with Gasteiger partial charge in [0.15, 0.2) is 0 Å². The molecule has 2 atom stereocenters. The quantitative estimate of drug-likeness (QED) is 0.173. The minimum atomic E-state index is 0.0453. The molecule has 58 heavy (non-hydrogen) atoms. The van der Waals surface area contributed by atoms with Crippen molar-refractivity contribution >= 4 is 34.1 Å². The van der Waals surface area contributed by atoms with Crippen LogP contribution in [-0.2, 0) is 0 Å². The molecule has 0 fully saturated rings. The van der Waals surface area contributed by atoms with Gasteiger partial charge in [0.25, 0.3) is 0 Å². The first-order chi connectivity index (χ1) is 28.7. The molecule has 0 N–H and O–H groups in total. The topological polar surface area (TPSA) is 9.72 Å². The Morgan fingerprint density at radius 2 is 0.759 bits per heavy atom. The molecule has 8 aromatic rings. The second-order valence-corrected chi connectivity index (χ2v) is 14.9. The zero-order chi connectivity index (χ0) is 39.1. The van der Waals surface area contributed by atoms with Gasteiger partial charge in [0, 0.05) is 70.3 Å². The maximum Gasteiger partial charge on any atom is 0.0534 e. The van der Waals surface area contributed by atoms with Crippen LogP contribution in [0.2, 0.25) is 0 Å². The highest BCUT2D eigenvalue weighted by molar-refractivity contribution is 5.92. The minimum Gasteiger partial charge on any atom is -0.339 e. The smallest absolute Gasteiger partial charge is 0.0534 e. The van der Waals surface area contributed by atoms with Crippen molar-refractivity contribution in [1.29, 1.82) is 0 Å². The number of para-hydroxylation sites is 6. The van der Waals surface area contributed by atoms with Crippen molar-refractivity contribution in [2.24, 2.45) is 0 Å². The van der Waals surface area contributed by atoms with Gasteiger partial charge >= 0.3 is 0 Å². The van der Waals surface area contributed by atoms with Crippen LogP contribution in [0.1, 0.15) is 29.9 Å². The molecule has 3 nitrogen and oxygen atoms in total. The zero-order valence-corrected chi connectivity index (χ0v) is 32.8. The van der Waals surface area contributed by atoms with E-state index < -0.39 is 0 Å². The first-order valence-corrected chi connectivity index (χ1v) is 20.3. The predicted octanol–water partition coefficient (Wildman–Crippen LogP) is 14.5. The maximum atomic E-state index is 2.51. The third-order valence-corrected chi connectivity index (χ3v) is 11.5. The van der Waals surface area contributed by atoms with Crippen molar-refractivity contribution in [3.05, 3.63) is 242 Å². The monoisotopic (exact) mass is 749 g/mol. The molecule has 9 rings (SSSR count). The van der Waals surface area contributed by atoms with E-state index >= 15 is 0 Å². The van der Waals surface area contributed by atoms with E-state index in [1.54, 1.807) is 0 Å². The fraction of sp³-hybridized carbons (Fsp3) is 0.0909. The number of benzene rings is 8. The molecule has 2 unspecified atom stereocenters. The van der Waals surface area contributed by atoms with Crippen molar-refractivity contribution in [2.45, 2.75) is 18.8 Å². The van der Waals surface area contributed by atoms with Gasteiger partial charge in [0.2, 0.25) is 0 Å². The van der Waals surface area contributed by atoms with Crippen LogP contribution in [0.15, 0.2) is 231 Å². The molecular formula is C55H47N3. The lowest BCUT2D eigenvalue weighted by Crippen LogP contribution is -2.31. The third kappa shape index (κ3) is 7.43. The van der Waals surface area contributed by atoms with Gasteiger partial charge in [-0.1, -0.05) is 177 Å². The van der Waals surface area contributed by atoms with E-state index in [4.69, 9.17) is 0 Å². The van der Waals surface area contributed by atoms with Crippen LogP contribution < -0.4 is 14.7 Å². The van der Waals surface area contributed by atoms with Gasteiger partial charge in [-0.05, 0) is 77.2 Å². The predicted molar refractivity (Wildman–Crippen MR) is 246 cm³/mol. The number of hydrogen-bond donors (Lipinski definition) is 0. The molecule has 0 amide bonds. The lowest BCUT2D eigenvalue weighted by molar-refractivity contribution is 0.676. The third-order valence-electron chi connectivity index (χ3n) is 11.5. The molecule has 8 aromatic carbocycles. The van der Waals surface area contributed by atoms with Crippen LogP contribution in [0.25, 0.3) is 22.3 Å². The lowest BCUT2D eigenvalue weighted by atomic mass is 9.79. The van der Waals surface area contributed by atoms with E-state index in [1.807, 2.05) is 0 Å². The molecule has 1 aliphatic rings. The molecule has 0 spiro atoms. The standard InChI is InChI=1S/C55H47N3/c1-42(43-22-6-2-7-23-43)47-38-39-56(44-24-8-3-9-25-44)54-36-20-17-33-51(54)52-34-18-21-37-55(52)58(46-28-12-5-13-29-46)41-40-57(45-26-10-4-11-27-45)53-35-19-16-32-50(53)49-31-15-14-30-48(47)49/h2-39,42,47H,40-41H2,1H3. The number of fused-ring (bicyclic) bond motifs is 6. The molecule has 282 valence electrons. The van der Waals surface area contributed by atoms with Gasteiger partial charge in [0.1, 0.15) is 0 Å². The fourth-order valence-electron chi connectivity index (χ4n) is 8.59. The summed E-state index contributed by atoms with van der Waals surface area (Å²) in [7, 11) is 0. The Labute approximate surface area is 343 Å². The summed E-state index contributed by atoms with van der Waals surface area (Å²) < 4.78 is 0. The van der Waals surface area contributed by atoms with Gasteiger partial charge in [-0.3, -0.25) is 0 Å². The summed E-state index contributed by atoms with van der Waals surface area (Å²) >= 11 is 0. The number of nitrogens with zero attached hydrogens (tertiary/aromatic N) is 3. The highest BCUT2D eigenvalue weighted by Crippen LogP contribution is 2.46. The van der Waals surface area contributed by atoms with Crippen molar-refractivity contribution < 1.29 is 0 Å². The molecule has 0 aromatic heterocycles. The van der Waals surface area contributed by atoms with E-state index in [1.165, 1.54) is 33.5 Å².